The molecule has 1 aliphatic heterocycles. The van der Waals surface area contributed by atoms with Crippen LogP contribution in [0.5, 0.6) is 5.75 Å². The third-order valence-electron chi connectivity index (χ3n) is 5.16. The molecule has 0 bridgehead atoms. The van der Waals surface area contributed by atoms with Crippen molar-refractivity contribution in [3.8, 4) is 5.75 Å². The van der Waals surface area contributed by atoms with Crippen molar-refractivity contribution in [1.82, 2.24) is 20.3 Å². The maximum Gasteiger partial charge on any atom is 0.277 e. The normalized spacial score (nSPS) is 18.8. The monoisotopic (exact) mass is 355 g/mol. The van der Waals surface area contributed by atoms with Crippen molar-refractivity contribution in [3.63, 3.8) is 0 Å². The second kappa shape index (κ2) is 7.86. The number of piperidine rings is 1. The van der Waals surface area contributed by atoms with Gasteiger partial charge in [0.2, 0.25) is 0 Å². The standard InChI is InChI=1S/C19H25N5O2/c25-19(17-13-24(23-22-17)14-9-11-20-12-10-14)21-16-7-3-4-8-18(16)26-15-5-1-2-6-15/h3-4,7-8,13-15,20H,1-2,5-6,9-12H2,(H,21,25). The SMILES string of the molecule is O=C(Nc1ccccc1OC1CCCC1)c1cn(C2CCNCC2)nn1. The molecule has 2 aromatic rings. The van der Waals surface area contributed by atoms with Gasteiger partial charge in [-0.2, -0.15) is 0 Å². The lowest BCUT2D eigenvalue weighted by Crippen LogP contribution is -2.29. The minimum atomic E-state index is -0.257. The van der Waals surface area contributed by atoms with E-state index >= 15 is 0 Å². The van der Waals surface area contributed by atoms with Crippen molar-refractivity contribution in [1.29, 1.82) is 0 Å². The largest absolute Gasteiger partial charge is 0.488 e. The second-order valence-corrected chi connectivity index (χ2v) is 7.04. The predicted molar refractivity (Wildman–Crippen MR) is 98.4 cm³/mol. The van der Waals surface area contributed by atoms with Crippen molar-refractivity contribution in [3.05, 3.63) is 36.2 Å². The number of benzene rings is 1. The maximum absolute atomic E-state index is 12.6. The Morgan fingerprint density at radius 1 is 1.15 bits per heavy atom. The summed E-state index contributed by atoms with van der Waals surface area (Å²) in [5, 5.41) is 14.5. The van der Waals surface area contributed by atoms with Gasteiger partial charge in [-0.3, -0.25) is 4.79 Å². The van der Waals surface area contributed by atoms with E-state index in [1.807, 2.05) is 28.9 Å². The first kappa shape index (κ1) is 17.0. The van der Waals surface area contributed by atoms with Crippen LogP contribution in [0.4, 0.5) is 5.69 Å². The zero-order valence-electron chi connectivity index (χ0n) is 14.9. The van der Waals surface area contributed by atoms with E-state index in [0.717, 1.165) is 44.5 Å². The van der Waals surface area contributed by atoms with E-state index in [0.29, 0.717) is 17.4 Å². The summed E-state index contributed by atoms with van der Waals surface area (Å²) in [6.07, 6.45) is 8.56. The van der Waals surface area contributed by atoms with E-state index in [4.69, 9.17) is 4.74 Å². The number of ether oxygens (including phenoxy) is 1. The van der Waals surface area contributed by atoms with Gasteiger partial charge in [-0.15, -0.1) is 5.10 Å². The molecule has 2 N–H and O–H groups in total. The Bertz CT molecular complexity index is 748. The molecule has 2 heterocycles. The molecular formula is C19H25N5O2. The number of rotatable bonds is 5. The van der Waals surface area contributed by atoms with Crippen molar-refractivity contribution >= 4 is 11.6 Å². The van der Waals surface area contributed by atoms with Gasteiger partial charge < -0.3 is 15.4 Å². The van der Waals surface area contributed by atoms with Crippen LogP contribution < -0.4 is 15.4 Å². The topological polar surface area (TPSA) is 81.1 Å². The summed E-state index contributed by atoms with van der Waals surface area (Å²) in [5.41, 5.74) is 1.01. The number of amides is 1. The lowest BCUT2D eigenvalue weighted by Gasteiger charge is -2.22. The molecule has 4 rings (SSSR count). The molecule has 2 fully saturated rings. The minimum absolute atomic E-state index is 0.244. The van der Waals surface area contributed by atoms with Crippen molar-refractivity contribution in [2.24, 2.45) is 0 Å². The van der Waals surface area contributed by atoms with Crippen LogP contribution in [-0.2, 0) is 0 Å². The number of carbonyl (C=O) groups is 1. The zero-order chi connectivity index (χ0) is 17.8. The van der Waals surface area contributed by atoms with E-state index in [1.165, 1.54) is 12.8 Å². The van der Waals surface area contributed by atoms with Gasteiger partial charge in [-0.25, -0.2) is 4.68 Å². The molecule has 7 heteroatoms. The molecule has 0 atom stereocenters. The van der Waals surface area contributed by atoms with Gasteiger partial charge in [0.15, 0.2) is 5.69 Å². The van der Waals surface area contributed by atoms with Crippen LogP contribution in [0.15, 0.2) is 30.5 Å². The van der Waals surface area contributed by atoms with Gasteiger partial charge in [0.25, 0.3) is 5.91 Å². The fourth-order valence-electron chi connectivity index (χ4n) is 3.68. The van der Waals surface area contributed by atoms with Gasteiger partial charge in [0.1, 0.15) is 5.75 Å². The van der Waals surface area contributed by atoms with Crippen LogP contribution in [-0.4, -0.2) is 40.1 Å². The van der Waals surface area contributed by atoms with Crippen LogP contribution in [0.1, 0.15) is 55.1 Å². The number of para-hydroxylation sites is 2. The predicted octanol–water partition coefficient (Wildman–Crippen LogP) is 2.78. The van der Waals surface area contributed by atoms with E-state index in [9.17, 15) is 4.79 Å². The highest BCUT2D eigenvalue weighted by molar-refractivity contribution is 6.03. The smallest absolute Gasteiger partial charge is 0.277 e. The molecule has 7 nitrogen and oxygen atoms in total. The maximum atomic E-state index is 12.6. The highest BCUT2D eigenvalue weighted by atomic mass is 16.5. The van der Waals surface area contributed by atoms with Crippen LogP contribution in [0.3, 0.4) is 0 Å². The number of anilines is 1. The summed E-state index contributed by atoms with van der Waals surface area (Å²) >= 11 is 0. The average molecular weight is 355 g/mol. The molecule has 1 aromatic heterocycles. The molecule has 0 radical (unpaired) electrons. The summed E-state index contributed by atoms with van der Waals surface area (Å²) in [5.74, 6) is 0.464. The molecule has 1 aromatic carbocycles. The highest BCUT2D eigenvalue weighted by Crippen LogP contribution is 2.30. The number of aromatic nitrogens is 3. The first-order valence-electron chi connectivity index (χ1n) is 9.49. The Labute approximate surface area is 153 Å². The molecule has 1 amide bonds. The molecule has 0 unspecified atom stereocenters. The van der Waals surface area contributed by atoms with Crippen molar-refractivity contribution < 1.29 is 9.53 Å². The van der Waals surface area contributed by atoms with Crippen molar-refractivity contribution in [2.45, 2.75) is 50.7 Å². The van der Waals surface area contributed by atoms with Gasteiger partial charge in [-0.05, 0) is 63.7 Å². The van der Waals surface area contributed by atoms with E-state index in [-0.39, 0.29) is 12.0 Å². The quantitative estimate of drug-likeness (QED) is 0.862. The van der Waals surface area contributed by atoms with Gasteiger partial charge in [0.05, 0.1) is 24.0 Å². The average Bonchev–Trinajstić information content (AvgIpc) is 3.36. The summed E-state index contributed by atoms with van der Waals surface area (Å²) in [4.78, 5) is 12.6. The molecule has 0 spiro atoms. The number of nitrogens with zero attached hydrogens (tertiary/aromatic N) is 3. The Morgan fingerprint density at radius 2 is 1.92 bits per heavy atom. The Kier molecular flexibility index (Phi) is 5.15. The Balaban J connectivity index is 1.44. The third-order valence-corrected chi connectivity index (χ3v) is 5.16. The van der Waals surface area contributed by atoms with Crippen LogP contribution in [0.2, 0.25) is 0 Å². The number of nitrogens with one attached hydrogen (secondary N) is 2. The third kappa shape index (κ3) is 3.88. The van der Waals surface area contributed by atoms with Gasteiger partial charge >= 0.3 is 0 Å². The van der Waals surface area contributed by atoms with E-state index < -0.39 is 0 Å². The molecule has 1 aliphatic carbocycles. The van der Waals surface area contributed by atoms with E-state index in [1.54, 1.807) is 6.20 Å². The molecule has 1 saturated heterocycles. The molecule has 2 aliphatic rings. The first-order valence-corrected chi connectivity index (χ1v) is 9.49. The van der Waals surface area contributed by atoms with E-state index in [2.05, 4.69) is 20.9 Å². The number of hydrogen-bond acceptors (Lipinski definition) is 5. The summed E-state index contributed by atoms with van der Waals surface area (Å²) in [7, 11) is 0. The number of carbonyl (C=O) groups excluding carboxylic acids is 1. The molecule has 1 saturated carbocycles. The lowest BCUT2D eigenvalue weighted by atomic mass is 10.1. The van der Waals surface area contributed by atoms with Gasteiger partial charge in [0, 0.05) is 0 Å². The summed E-state index contributed by atoms with van der Waals surface area (Å²) < 4.78 is 7.90. The van der Waals surface area contributed by atoms with Crippen molar-refractivity contribution in [2.75, 3.05) is 18.4 Å². The molecule has 26 heavy (non-hydrogen) atoms. The van der Waals surface area contributed by atoms with Crippen LogP contribution >= 0.6 is 0 Å². The molecular weight excluding hydrogens is 330 g/mol. The highest BCUT2D eigenvalue weighted by Gasteiger charge is 2.21. The van der Waals surface area contributed by atoms with Crippen LogP contribution in [0, 0.1) is 0 Å². The Hall–Kier alpha value is -2.41. The Morgan fingerprint density at radius 3 is 2.73 bits per heavy atom. The zero-order valence-corrected chi connectivity index (χ0v) is 14.9. The second-order valence-electron chi connectivity index (χ2n) is 7.04. The fourth-order valence-corrected chi connectivity index (χ4v) is 3.68. The summed E-state index contributed by atoms with van der Waals surface area (Å²) in [6, 6.07) is 7.89. The minimum Gasteiger partial charge on any atom is -0.488 e. The van der Waals surface area contributed by atoms with Crippen LogP contribution in [0.25, 0.3) is 0 Å². The first-order chi connectivity index (χ1) is 12.8. The fraction of sp³-hybridized carbons (Fsp3) is 0.526. The molecule has 138 valence electrons. The lowest BCUT2D eigenvalue weighted by molar-refractivity contribution is 0.102. The number of hydrogen-bond donors (Lipinski definition) is 2. The van der Waals surface area contributed by atoms with Gasteiger partial charge in [-0.1, -0.05) is 17.3 Å². The summed E-state index contributed by atoms with van der Waals surface area (Å²) in [6.45, 7) is 1.94.